The summed E-state index contributed by atoms with van der Waals surface area (Å²) in [4.78, 5) is 25.6. The third-order valence-electron chi connectivity index (χ3n) is 5.78. The molecule has 5 aromatic rings. The van der Waals surface area contributed by atoms with Crippen LogP contribution in [0.5, 0.6) is 0 Å². The number of para-hydroxylation sites is 1. The first-order valence-corrected chi connectivity index (χ1v) is 11.6. The number of anilines is 1. The van der Waals surface area contributed by atoms with Crippen LogP contribution in [-0.2, 0) is 13.1 Å². The molecule has 0 saturated carbocycles. The summed E-state index contributed by atoms with van der Waals surface area (Å²) < 4.78 is 1.05. The monoisotopic (exact) mass is 448 g/mol. The van der Waals surface area contributed by atoms with Gasteiger partial charge in [-0.15, -0.1) is 11.3 Å². The number of hydrogen-bond donors (Lipinski definition) is 1. The number of nitrogens with one attached hydrogen (secondary N) is 1. The third-order valence-corrected chi connectivity index (χ3v) is 6.99. The highest BCUT2D eigenvalue weighted by Crippen LogP contribution is 2.47. The Morgan fingerprint density at radius 3 is 2.36 bits per heavy atom. The van der Waals surface area contributed by atoms with Crippen LogP contribution >= 0.6 is 11.3 Å². The van der Waals surface area contributed by atoms with Crippen LogP contribution in [0.1, 0.15) is 20.8 Å². The summed E-state index contributed by atoms with van der Waals surface area (Å²) in [7, 11) is 0. The Hall–Kier alpha value is -4.03. The van der Waals surface area contributed by atoms with E-state index in [2.05, 4.69) is 28.4 Å². The van der Waals surface area contributed by atoms with Crippen LogP contribution in [0.15, 0.2) is 89.9 Å². The van der Waals surface area contributed by atoms with E-state index < -0.39 is 0 Å². The van der Waals surface area contributed by atoms with Crippen molar-refractivity contribution in [1.82, 2.24) is 10.3 Å². The van der Waals surface area contributed by atoms with E-state index >= 15 is 0 Å². The first kappa shape index (κ1) is 19.6. The number of hydrogen-bond acceptors (Lipinski definition) is 5. The topological polar surface area (TPSA) is 57.6 Å². The maximum absolute atomic E-state index is 13.2. The number of rotatable bonds is 5. The minimum Gasteiger partial charge on any atom is -0.347 e. The molecule has 0 unspecified atom stereocenters. The van der Waals surface area contributed by atoms with E-state index in [0.29, 0.717) is 23.7 Å². The van der Waals surface area contributed by atoms with E-state index in [1.165, 1.54) is 16.9 Å². The first-order chi connectivity index (χ1) is 16.3. The van der Waals surface area contributed by atoms with Gasteiger partial charge < -0.3 is 10.2 Å². The highest BCUT2D eigenvalue weighted by Gasteiger charge is 2.27. The summed E-state index contributed by atoms with van der Waals surface area (Å²) >= 11 is 1.49. The molecular weight excluding hydrogens is 428 g/mol. The summed E-state index contributed by atoms with van der Waals surface area (Å²) in [6.45, 7) is 1.14. The van der Waals surface area contributed by atoms with Crippen molar-refractivity contribution in [2.24, 2.45) is 4.99 Å². The highest BCUT2D eigenvalue weighted by molar-refractivity contribution is 7.22. The van der Waals surface area contributed by atoms with Crippen LogP contribution in [-0.4, -0.2) is 17.2 Å². The number of thiophene rings is 1. The van der Waals surface area contributed by atoms with E-state index in [1.54, 1.807) is 6.34 Å². The lowest BCUT2D eigenvalue weighted by atomic mass is 10.1. The molecule has 2 aromatic heterocycles. The number of carbonyl (C=O) groups is 1. The van der Waals surface area contributed by atoms with Crippen LogP contribution in [0.25, 0.3) is 21.0 Å². The Labute approximate surface area is 195 Å². The molecule has 0 aliphatic carbocycles. The Balaban J connectivity index is 1.44. The number of carbonyl (C=O) groups excluding carboxylic acids is 1. The Morgan fingerprint density at radius 2 is 1.58 bits per heavy atom. The maximum Gasteiger partial charge on any atom is 0.263 e. The summed E-state index contributed by atoms with van der Waals surface area (Å²) in [5.41, 5.74) is 3.85. The number of amides is 1. The fraction of sp³-hybridized carbons (Fsp3) is 0.0741. The molecule has 0 spiro atoms. The summed E-state index contributed by atoms with van der Waals surface area (Å²) in [6.07, 6.45) is 1.80. The van der Waals surface area contributed by atoms with Crippen LogP contribution in [0.4, 0.5) is 11.5 Å². The molecular formula is C27H20N4OS. The second-order valence-corrected chi connectivity index (χ2v) is 8.98. The zero-order chi connectivity index (χ0) is 22.2. The van der Waals surface area contributed by atoms with Gasteiger partial charge in [0, 0.05) is 11.9 Å². The molecule has 3 aromatic carbocycles. The van der Waals surface area contributed by atoms with Crippen LogP contribution in [0.2, 0.25) is 0 Å². The molecule has 33 heavy (non-hydrogen) atoms. The predicted octanol–water partition coefficient (Wildman–Crippen LogP) is 6.06. The van der Waals surface area contributed by atoms with E-state index in [-0.39, 0.29) is 5.91 Å². The van der Waals surface area contributed by atoms with Gasteiger partial charge in [0.1, 0.15) is 10.7 Å². The Morgan fingerprint density at radius 1 is 0.879 bits per heavy atom. The number of fused-ring (bicyclic) bond motifs is 2. The Kier molecular flexibility index (Phi) is 4.85. The lowest BCUT2D eigenvalue weighted by Crippen LogP contribution is -2.24. The summed E-state index contributed by atoms with van der Waals surface area (Å²) in [5.74, 6) is 0.731. The molecule has 1 aliphatic rings. The highest BCUT2D eigenvalue weighted by atomic mass is 32.1. The molecule has 6 heteroatoms. The fourth-order valence-electron chi connectivity index (χ4n) is 4.17. The quantitative estimate of drug-likeness (QED) is 0.356. The normalized spacial score (nSPS) is 12.4. The molecule has 1 amide bonds. The van der Waals surface area contributed by atoms with Crippen LogP contribution in [0, 0.1) is 0 Å². The molecule has 5 nitrogen and oxygen atoms in total. The maximum atomic E-state index is 13.2. The zero-order valence-corrected chi connectivity index (χ0v) is 18.5. The molecule has 1 N–H and O–H groups in total. The number of nitrogens with zero attached hydrogens (tertiary/aromatic N) is 3. The second-order valence-electron chi connectivity index (χ2n) is 7.96. The number of pyridine rings is 1. The second kappa shape index (κ2) is 8.15. The van der Waals surface area contributed by atoms with Gasteiger partial charge in [0.05, 0.1) is 34.2 Å². The molecule has 0 bridgehead atoms. The smallest absolute Gasteiger partial charge is 0.263 e. The van der Waals surface area contributed by atoms with Gasteiger partial charge in [-0.1, -0.05) is 78.9 Å². The van der Waals surface area contributed by atoms with Crippen molar-refractivity contribution in [3.8, 4) is 0 Å². The van der Waals surface area contributed by atoms with E-state index in [1.807, 2.05) is 66.7 Å². The predicted molar refractivity (Wildman–Crippen MR) is 136 cm³/mol. The molecule has 0 radical (unpaired) electrons. The van der Waals surface area contributed by atoms with E-state index in [4.69, 9.17) is 9.98 Å². The zero-order valence-electron chi connectivity index (χ0n) is 17.7. The molecule has 0 fully saturated rings. The standard InChI is InChI=1S/C27H20N4OS/c32-27(28-15-18-9-3-1-4-10-18)25-23-22-24(33-25)20-13-7-8-14-21(20)30-26(22)31(17-29-23)16-19-11-5-2-6-12-19/h1-14,17H,15-16H2,(H,28,32). The minimum absolute atomic E-state index is 0.112. The minimum atomic E-state index is -0.112. The molecule has 3 heterocycles. The lowest BCUT2D eigenvalue weighted by Gasteiger charge is -2.23. The van der Waals surface area contributed by atoms with Crippen LogP contribution in [0.3, 0.4) is 0 Å². The van der Waals surface area contributed by atoms with E-state index in [9.17, 15) is 4.79 Å². The third kappa shape index (κ3) is 3.54. The average Bonchev–Trinajstić information content (AvgIpc) is 3.26. The van der Waals surface area contributed by atoms with Gasteiger partial charge in [-0.2, -0.15) is 0 Å². The van der Waals surface area contributed by atoms with Crippen LogP contribution < -0.4 is 10.2 Å². The molecule has 0 atom stereocenters. The van der Waals surface area contributed by atoms with Crippen molar-refractivity contribution in [3.63, 3.8) is 0 Å². The van der Waals surface area contributed by atoms with Crippen molar-refractivity contribution in [2.75, 3.05) is 4.90 Å². The van der Waals surface area contributed by atoms with Crippen molar-refractivity contribution in [3.05, 3.63) is 101 Å². The molecule has 6 rings (SSSR count). The van der Waals surface area contributed by atoms with Gasteiger partial charge in [0.2, 0.25) is 0 Å². The largest absolute Gasteiger partial charge is 0.347 e. The number of aliphatic imine (C=N–C) groups is 1. The lowest BCUT2D eigenvalue weighted by molar-refractivity contribution is 0.0955. The van der Waals surface area contributed by atoms with Gasteiger partial charge in [-0.05, 0) is 17.2 Å². The van der Waals surface area contributed by atoms with Gasteiger partial charge in [-0.3, -0.25) is 4.79 Å². The number of aromatic nitrogens is 1. The average molecular weight is 449 g/mol. The number of benzene rings is 3. The fourth-order valence-corrected chi connectivity index (χ4v) is 5.37. The van der Waals surface area contributed by atoms with Crippen molar-refractivity contribution in [2.45, 2.75) is 13.1 Å². The molecule has 160 valence electrons. The SMILES string of the molecule is O=C(NCc1ccccc1)c1sc2c3c(nc4ccccc42)N(Cc2ccccc2)C=Nc13. The molecule has 0 saturated heterocycles. The Bertz CT molecular complexity index is 1510. The van der Waals surface area contributed by atoms with Gasteiger partial charge in [-0.25, -0.2) is 9.98 Å². The van der Waals surface area contributed by atoms with Gasteiger partial charge in [0.15, 0.2) is 0 Å². The molecule has 1 aliphatic heterocycles. The van der Waals surface area contributed by atoms with Crippen molar-refractivity contribution >= 4 is 56.1 Å². The summed E-state index contributed by atoms with van der Waals surface area (Å²) in [5, 5.41) is 5.05. The van der Waals surface area contributed by atoms with E-state index in [0.717, 1.165) is 32.4 Å². The van der Waals surface area contributed by atoms with Crippen molar-refractivity contribution in [1.29, 1.82) is 0 Å². The van der Waals surface area contributed by atoms with Gasteiger partial charge >= 0.3 is 0 Å². The van der Waals surface area contributed by atoms with Gasteiger partial charge in [0.25, 0.3) is 5.91 Å². The first-order valence-electron chi connectivity index (χ1n) is 10.8. The van der Waals surface area contributed by atoms with Crippen molar-refractivity contribution < 1.29 is 4.79 Å². The summed E-state index contributed by atoms with van der Waals surface area (Å²) in [6, 6.07) is 28.3.